The van der Waals surface area contributed by atoms with Gasteiger partial charge in [-0.1, -0.05) is 34.5 Å². The lowest BCUT2D eigenvalue weighted by atomic mass is 9.91. The Morgan fingerprint density at radius 3 is 3.00 bits per heavy atom. The Hall–Kier alpha value is -0.320. The highest BCUT2D eigenvalue weighted by Gasteiger charge is 2.42. The van der Waals surface area contributed by atoms with Crippen molar-refractivity contribution in [3.8, 4) is 5.75 Å². The maximum absolute atomic E-state index is 5.86. The first-order valence-electron chi connectivity index (χ1n) is 5.73. The minimum absolute atomic E-state index is 0.0891. The highest BCUT2D eigenvalue weighted by Crippen LogP contribution is 2.34. The predicted molar refractivity (Wildman–Crippen MR) is 71.0 cm³/mol. The van der Waals surface area contributed by atoms with E-state index in [0.29, 0.717) is 15.6 Å². The summed E-state index contributed by atoms with van der Waals surface area (Å²) in [7, 11) is 0. The number of ether oxygens (including phenoxy) is 2. The third-order valence-corrected chi connectivity index (χ3v) is 3.76. The quantitative estimate of drug-likeness (QED) is 0.779. The second-order valence-corrected chi connectivity index (χ2v) is 5.69. The molecule has 3 atom stereocenters. The van der Waals surface area contributed by atoms with Crippen LogP contribution in [0.25, 0.3) is 0 Å². The molecule has 0 radical (unpaired) electrons. The van der Waals surface area contributed by atoms with Crippen molar-refractivity contribution in [2.24, 2.45) is 0 Å². The fourth-order valence-electron chi connectivity index (χ4n) is 1.74. The van der Waals surface area contributed by atoms with Gasteiger partial charge < -0.3 is 9.47 Å². The monoisotopic (exact) mass is 319 g/mol. The predicted octanol–water partition coefficient (Wildman–Crippen LogP) is 3.44. The van der Waals surface area contributed by atoms with Gasteiger partial charge >= 0.3 is 0 Å². The van der Waals surface area contributed by atoms with Gasteiger partial charge in [-0.25, -0.2) is 0 Å². The van der Waals surface area contributed by atoms with Crippen molar-refractivity contribution in [3.05, 3.63) is 23.5 Å². The third kappa shape index (κ3) is 3.33. The fourth-order valence-corrected chi connectivity index (χ4v) is 2.77. The molecule has 0 aliphatic heterocycles. The number of hydrogen-bond donors (Lipinski definition) is 0. The van der Waals surface area contributed by atoms with Crippen molar-refractivity contribution in [2.75, 3.05) is 6.61 Å². The van der Waals surface area contributed by atoms with E-state index in [0.717, 1.165) is 19.4 Å². The van der Waals surface area contributed by atoms with E-state index < -0.39 is 0 Å². The number of pyridine rings is 1. The fraction of sp³-hybridized carbons (Fsp3) is 0.583. The van der Waals surface area contributed by atoms with Gasteiger partial charge in [-0.15, -0.1) is 0 Å². The molecular formula is C12H15BrClNO2. The average Bonchev–Trinajstić information content (AvgIpc) is 2.29. The largest absolute Gasteiger partial charge is 0.486 e. The molecule has 1 heterocycles. The van der Waals surface area contributed by atoms with Crippen molar-refractivity contribution in [1.82, 2.24) is 4.98 Å². The van der Waals surface area contributed by atoms with E-state index in [1.165, 1.54) is 0 Å². The molecule has 1 aliphatic rings. The molecular weight excluding hydrogens is 305 g/mol. The summed E-state index contributed by atoms with van der Waals surface area (Å²) in [5, 5.41) is 0.586. The van der Waals surface area contributed by atoms with Crippen LogP contribution in [0.3, 0.4) is 0 Å². The summed E-state index contributed by atoms with van der Waals surface area (Å²) in [6.07, 6.45) is 5.43. The number of alkyl halides is 1. The molecule has 1 fully saturated rings. The summed E-state index contributed by atoms with van der Waals surface area (Å²) >= 11 is 9.43. The van der Waals surface area contributed by atoms with E-state index >= 15 is 0 Å². The molecule has 5 heteroatoms. The Morgan fingerprint density at radius 1 is 1.53 bits per heavy atom. The first-order valence-corrected chi connectivity index (χ1v) is 7.03. The molecule has 17 heavy (non-hydrogen) atoms. The Labute approximate surface area is 115 Å². The zero-order chi connectivity index (χ0) is 12.3. The van der Waals surface area contributed by atoms with Gasteiger partial charge in [0.25, 0.3) is 0 Å². The summed E-state index contributed by atoms with van der Waals surface area (Å²) in [4.78, 5) is 4.37. The van der Waals surface area contributed by atoms with E-state index in [2.05, 4.69) is 27.8 Å². The highest BCUT2D eigenvalue weighted by atomic mass is 79.9. The summed E-state index contributed by atoms with van der Waals surface area (Å²) in [6.45, 7) is 2.86. The number of hydrogen-bond acceptors (Lipinski definition) is 3. The van der Waals surface area contributed by atoms with E-state index in [-0.39, 0.29) is 12.2 Å². The van der Waals surface area contributed by atoms with Crippen molar-refractivity contribution in [3.63, 3.8) is 0 Å². The van der Waals surface area contributed by atoms with Crippen LogP contribution in [0.5, 0.6) is 5.75 Å². The molecule has 1 aromatic heterocycles. The van der Waals surface area contributed by atoms with Gasteiger partial charge in [-0.05, 0) is 6.42 Å². The molecule has 0 saturated heterocycles. The van der Waals surface area contributed by atoms with E-state index in [1.54, 1.807) is 18.5 Å². The minimum atomic E-state index is 0.0891. The highest BCUT2D eigenvalue weighted by molar-refractivity contribution is 9.09. The van der Waals surface area contributed by atoms with Gasteiger partial charge in [0.1, 0.15) is 18.0 Å². The molecule has 3 nitrogen and oxygen atoms in total. The van der Waals surface area contributed by atoms with Crippen molar-refractivity contribution in [1.29, 1.82) is 0 Å². The lowest BCUT2D eigenvalue weighted by Crippen LogP contribution is -2.52. The summed E-state index contributed by atoms with van der Waals surface area (Å²) in [5.41, 5.74) is 0. The summed E-state index contributed by atoms with van der Waals surface area (Å²) < 4.78 is 11.5. The number of halogens is 2. The molecule has 94 valence electrons. The zero-order valence-corrected chi connectivity index (χ0v) is 11.9. The number of aromatic nitrogens is 1. The molecule has 0 N–H and O–H groups in total. The molecule has 1 aliphatic carbocycles. The van der Waals surface area contributed by atoms with Crippen LogP contribution in [0.1, 0.15) is 19.8 Å². The van der Waals surface area contributed by atoms with Crippen LogP contribution in [0, 0.1) is 0 Å². The van der Waals surface area contributed by atoms with Crippen LogP contribution in [-0.2, 0) is 4.74 Å². The Kier molecular flexibility index (Phi) is 4.65. The Balaban J connectivity index is 1.91. The van der Waals surface area contributed by atoms with Crippen LogP contribution in [0.4, 0.5) is 0 Å². The standard InChI is InChI=1S/C12H15BrClNO2/c1-2-3-16-12-10(13)5-11(12)17-9-4-8(14)6-15-7-9/h4,6-7,10-12H,2-3,5H2,1H3. The van der Waals surface area contributed by atoms with E-state index in [9.17, 15) is 0 Å². The van der Waals surface area contributed by atoms with Crippen molar-refractivity contribution in [2.45, 2.75) is 36.8 Å². The maximum atomic E-state index is 5.86. The van der Waals surface area contributed by atoms with Crippen LogP contribution in [0.2, 0.25) is 5.02 Å². The molecule has 0 aromatic carbocycles. The topological polar surface area (TPSA) is 31.4 Å². The van der Waals surface area contributed by atoms with Crippen LogP contribution in [0.15, 0.2) is 18.5 Å². The first kappa shape index (κ1) is 13.1. The molecule has 1 aromatic rings. The van der Waals surface area contributed by atoms with Gasteiger partial charge in [0, 0.05) is 30.1 Å². The second kappa shape index (κ2) is 6.03. The van der Waals surface area contributed by atoms with Crippen molar-refractivity contribution < 1.29 is 9.47 Å². The first-order chi connectivity index (χ1) is 8.20. The smallest absolute Gasteiger partial charge is 0.139 e. The van der Waals surface area contributed by atoms with Crippen LogP contribution >= 0.6 is 27.5 Å². The Morgan fingerprint density at radius 2 is 2.35 bits per heavy atom. The van der Waals surface area contributed by atoms with Crippen LogP contribution < -0.4 is 4.74 Å². The molecule has 3 unspecified atom stereocenters. The van der Waals surface area contributed by atoms with Crippen molar-refractivity contribution >= 4 is 27.5 Å². The van der Waals surface area contributed by atoms with Gasteiger partial charge in [0.15, 0.2) is 0 Å². The maximum Gasteiger partial charge on any atom is 0.139 e. The number of rotatable bonds is 5. The molecule has 2 rings (SSSR count). The Bertz CT molecular complexity index is 377. The van der Waals surface area contributed by atoms with Gasteiger partial charge in [-0.3, -0.25) is 4.98 Å². The van der Waals surface area contributed by atoms with E-state index in [1.807, 2.05) is 0 Å². The lowest BCUT2D eigenvalue weighted by Gasteiger charge is -2.40. The van der Waals surface area contributed by atoms with Crippen LogP contribution in [-0.4, -0.2) is 28.6 Å². The molecule has 1 saturated carbocycles. The lowest BCUT2D eigenvalue weighted by molar-refractivity contribution is -0.0763. The number of nitrogens with zero attached hydrogens (tertiary/aromatic N) is 1. The molecule has 0 bridgehead atoms. The van der Waals surface area contributed by atoms with Gasteiger partial charge in [-0.2, -0.15) is 0 Å². The summed E-state index contributed by atoms with van der Waals surface area (Å²) in [6, 6.07) is 1.77. The summed E-state index contributed by atoms with van der Waals surface area (Å²) in [5.74, 6) is 0.701. The normalized spacial score (nSPS) is 27.6. The second-order valence-electron chi connectivity index (χ2n) is 4.08. The van der Waals surface area contributed by atoms with E-state index in [4.69, 9.17) is 21.1 Å². The molecule has 0 spiro atoms. The molecule has 0 amide bonds. The minimum Gasteiger partial charge on any atom is -0.486 e. The van der Waals surface area contributed by atoms with Gasteiger partial charge in [0.2, 0.25) is 0 Å². The third-order valence-electron chi connectivity index (χ3n) is 2.66. The SMILES string of the molecule is CCCOC1C(Br)CC1Oc1cncc(Cl)c1. The zero-order valence-electron chi connectivity index (χ0n) is 9.61. The average molecular weight is 321 g/mol. The van der Waals surface area contributed by atoms with Gasteiger partial charge in [0.05, 0.1) is 11.2 Å².